The number of aromatic nitrogens is 1. The second kappa shape index (κ2) is 7.61. The lowest BCUT2D eigenvalue weighted by Crippen LogP contribution is -2.33. The molecule has 0 radical (unpaired) electrons. The Labute approximate surface area is 156 Å². The number of rotatable bonds is 4. The predicted molar refractivity (Wildman–Crippen MR) is 104 cm³/mol. The molecule has 1 amide bonds. The number of carbonyl (C=O) groups excluding carboxylic acids is 1. The molecule has 6 nitrogen and oxygen atoms in total. The summed E-state index contributed by atoms with van der Waals surface area (Å²) in [5.41, 5.74) is 0.794. The van der Waals surface area contributed by atoms with E-state index in [1.165, 1.54) is 6.42 Å². The second-order valence-corrected chi connectivity index (χ2v) is 6.70. The molecule has 0 saturated carbocycles. The lowest BCUT2D eigenvalue weighted by atomic mass is 10.1. The van der Waals surface area contributed by atoms with Crippen molar-refractivity contribution in [3.63, 3.8) is 0 Å². The van der Waals surface area contributed by atoms with Crippen molar-refractivity contribution >= 4 is 22.7 Å². The molecule has 0 aliphatic carbocycles. The highest BCUT2D eigenvalue weighted by Gasteiger charge is 2.17. The second-order valence-electron chi connectivity index (χ2n) is 6.70. The standard InChI is InChI=1S/C21H21N3O3/c25-20(17-13-15-7-2-3-9-18(15)27-21(17)26)23-14-16-8-6-10-22-19(16)24-11-4-1-5-12-24/h2-3,6-10,13H,1,4-5,11-12,14H2,(H,23,25). The number of para-hydroxylation sites is 1. The van der Waals surface area contributed by atoms with Crippen LogP contribution in [-0.2, 0) is 6.54 Å². The van der Waals surface area contributed by atoms with Crippen molar-refractivity contribution in [2.75, 3.05) is 18.0 Å². The summed E-state index contributed by atoms with van der Waals surface area (Å²) in [5.74, 6) is 0.464. The van der Waals surface area contributed by atoms with E-state index in [0.29, 0.717) is 12.1 Å². The third-order valence-electron chi connectivity index (χ3n) is 4.85. The largest absolute Gasteiger partial charge is 0.422 e. The number of hydrogen-bond acceptors (Lipinski definition) is 5. The Balaban J connectivity index is 1.53. The fourth-order valence-electron chi connectivity index (χ4n) is 3.45. The highest BCUT2D eigenvalue weighted by molar-refractivity contribution is 5.96. The van der Waals surface area contributed by atoms with Crippen molar-refractivity contribution < 1.29 is 9.21 Å². The van der Waals surface area contributed by atoms with Crippen LogP contribution >= 0.6 is 0 Å². The monoisotopic (exact) mass is 363 g/mol. The number of anilines is 1. The van der Waals surface area contributed by atoms with Crippen LogP contribution in [0.1, 0.15) is 35.2 Å². The molecule has 0 bridgehead atoms. The fourth-order valence-corrected chi connectivity index (χ4v) is 3.45. The van der Waals surface area contributed by atoms with Gasteiger partial charge in [0.2, 0.25) is 0 Å². The van der Waals surface area contributed by atoms with E-state index >= 15 is 0 Å². The van der Waals surface area contributed by atoms with Crippen LogP contribution in [0.4, 0.5) is 5.82 Å². The van der Waals surface area contributed by atoms with Gasteiger partial charge < -0.3 is 14.6 Å². The quantitative estimate of drug-likeness (QED) is 0.721. The molecule has 4 rings (SSSR count). The van der Waals surface area contributed by atoms with Gasteiger partial charge in [-0.05, 0) is 37.5 Å². The molecule has 0 atom stereocenters. The van der Waals surface area contributed by atoms with Crippen LogP contribution in [0.2, 0.25) is 0 Å². The van der Waals surface area contributed by atoms with Crippen LogP contribution in [0.25, 0.3) is 11.0 Å². The number of fused-ring (bicyclic) bond motifs is 1. The van der Waals surface area contributed by atoms with Crippen molar-refractivity contribution in [2.24, 2.45) is 0 Å². The smallest absolute Gasteiger partial charge is 0.349 e. The van der Waals surface area contributed by atoms with Crippen molar-refractivity contribution in [2.45, 2.75) is 25.8 Å². The molecule has 0 unspecified atom stereocenters. The zero-order valence-corrected chi connectivity index (χ0v) is 15.0. The van der Waals surface area contributed by atoms with E-state index in [2.05, 4.69) is 15.2 Å². The average Bonchev–Trinajstić information content (AvgIpc) is 2.72. The Kier molecular flexibility index (Phi) is 4.87. The third kappa shape index (κ3) is 3.69. The Morgan fingerprint density at radius 3 is 2.78 bits per heavy atom. The SMILES string of the molecule is O=C(NCc1cccnc1N1CCCCC1)c1cc2ccccc2oc1=O. The molecule has 1 saturated heterocycles. The van der Waals surface area contributed by atoms with E-state index in [-0.39, 0.29) is 5.56 Å². The summed E-state index contributed by atoms with van der Waals surface area (Å²) in [6.07, 6.45) is 5.32. The van der Waals surface area contributed by atoms with Gasteiger partial charge in [0.1, 0.15) is 17.0 Å². The molecule has 1 N–H and O–H groups in total. The van der Waals surface area contributed by atoms with Gasteiger partial charge in [0.25, 0.3) is 5.91 Å². The minimum absolute atomic E-state index is 0.0112. The number of pyridine rings is 1. The van der Waals surface area contributed by atoms with E-state index in [0.717, 1.165) is 42.7 Å². The van der Waals surface area contributed by atoms with Crippen molar-refractivity contribution in [1.29, 1.82) is 0 Å². The van der Waals surface area contributed by atoms with Crippen molar-refractivity contribution in [3.05, 3.63) is 70.2 Å². The summed E-state index contributed by atoms with van der Waals surface area (Å²) in [6.45, 7) is 2.27. The number of carbonyl (C=O) groups is 1. The van der Waals surface area contributed by atoms with E-state index in [1.54, 1.807) is 24.4 Å². The van der Waals surface area contributed by atoms with E-state index in [9.17, 15) is 9.59 Å². The lowest BCUT2D eigenvalue weighted by Gasteiger charge is -2.29. The van der Waals surface area contributed by atoms with Crippen LogP contribution in [0.5, 0.6) is 0 Å². The highest BCUT2D eigenvalue weighted by Crippen LogP contribution is 2.21. The molecule has 3 aromatic rings. The zero-order chi connectivity index (χ0) is 18.6. The van der Waals surface area contributed by atoms with Gasteiger partial charge in [0.15, 0.2) is 0 Å². The van der Waals surface area contributed by atoms with Gasteiger partial charge >= 0.3 is 5.63 Å². The minimum Gasteiger partial charge on any atom is -0.422 e. The topological polar surface area (TPSA) is 75.4 Å². The summed E-state index contributed by atoms with van der Waals surface area (Å²) >= 11 is 0. The lowest BCUT2D eigenvalue weighted by molar-refractivity contribution is 0.0947. The summed E-state index contributed by atoms with van der Waals surface area (Å²) in [4.78, 5) is 31.5. The summed E-state index contributed by atoms with van der Waals surface area (Å²) in [6, 6.07) is 12.5. The number of nitrogens with one attached hydrogen (secondary N) is 1. The molecule has 3 heterocycles. The van der Waals surface area contributed by atoms with E-state index in [4.69, 9.17) is 4.42 Å². The maximum Gasteiger partial charge on any atom is 0.349 e. The normalized spacial score (nSPS) is 14.3. The summed E-state index contributed by atoms with van der Waals surface area (Å²) in [5, 5.41) is 3.55. The number of benzene rings is 1. The summed E-state index contributed by atoms with van der Waals surface area (Å²) < 4.78 is 5.25. The highest BCUT2D eigenvalue weighted by atomic mass is 16.4. The molecular formula is C21H21N3O3. The predicted octanol–water partition coefficient (Wildman–Crippen LogP) is 3.11. The molecule has 0 spiro atoms. The number of piperidine rings is 1. The van der Waals surface area contributed by atoms with Gasteiger partial charge in [-0.15, -0.1) is 0 Å². The first-order chi connectivity index (χ1) is 13.2. The molecule has 1 aliphatic heterocycles. The van der Waals surface area contributed by atoms with Gasteiger partial charge in [-0.1, -0.05) is 24.3 Å². The Morgan fingerprint density at radius 1 is 1.11 bits per heavy atom. The van der Waals surface area contributed by atoms with Crippen molar-refractivity contribution in [3.8, 4) is 0 Å². The minimum atomic E-state index is -0.631. The average molecular weight is 363 g/mol. The van der Waals surface area contributed by atoms with Crippen LogP contribution in [0.15, 0.2) is 57.9 Å². The maximum absolute atomic E-state index is 12.6. The first-order valence-corrected chi connectivity index (χ1v) is 9.22. The van der Waals surface area contributed by atoms with Gasteiger partial charge in [0, 0.05) is 36.8 Å². The molecule has 1 aliphatic rings. The van der Waals surface area contributed by atoms with Crippen LogP contribution in [-0.4, -0.2) is 24.0 Å². The third-order valence-corrected chi connectivity index (χ3v) is 4.85. The Morgan fingerprint density at radius 2 is 1.93 bits per heavy atom. The molecule has 2 aromatic heterocycles. The van der Waals surface area contributed by atoms with Gasteiger partial charge in [-0.2, -0.15) is 0 Å². The molecule has 1 fully saturated rings. The number of hydrogen-bond donors (Lipinski definition) is 1. The van der Waals surface area contributed by atoms with Gasteiger partial charge in [-0.25, -0.2) is 9.78 Å². The summed E-state index contributed by atoms with van der Waals surface area (Å²) in [7, 11) is 0. The van der Waals surface area contributed by atoms with Crippen LogP contribution in [0.3, 0.4) is 0 Å². The Bertz CT molecular complexity index is 1020. The number of nitrogens with zero attached hydrogens (tertiary/aromatic N) is 2. The molecular weight excluding hydrogens is 342 g/mol. The molecule has 138 valence electrons. The van der Waals surface area contributed by atoms with Crippen molar-refractivity contribution in [1.82, 2.24) is 10.3 Å². The zero-order valence-electron chi connectivity index (χ0n) is 15.0. The molecule has 1 aromatic carbocycles. The first-order valence-electron chi connectivity index (χ1n) is 9.22. The molecule has 27 heavy (non-hydrogen) atoms. The fraction of sp³-hybridized carbons (Fsp3) is 0.286. The van der Waals surface area contributed by atoms with Gasteiger partial charge in [0.05, 0.1) is 0 Å². The van der Waals surface area contributed by atoms with E-state index < -0.39 is 11.5 Å². The maximum atomic E-state index is 12.6. The molecule has 6 heteroatoms. The van der Waals surface area contributed by atoms with Crippen LogP contribution in [0, 0.1) is 0 Å². The number of amides is 1. The van der Waals surface area contributed by atoms with Gasteiger partial charge in [-0.3, -0.25) is 4.79 Å². The van der Waals surface area contributed by atoms with E-state index in [1.807, 2.05) is 24.3 Å². The van der Waals surface area contributed by atoms with Crippen LogP contribution < -0.4 is 15.8 Å². The first kappa shape index (κ1) is 17.3. The Hall–Kier alpha value is -3.15.